The van der Waals surface area contributed by atoms with Crippen molar-refractivity contribution in [3.63, 3.8) is 0 Å². The van der Waals surface area contributed by atoms with Crippen LogP contribution in [-0.2, 0) is 0 Å². The van der Waals surface area contributed by atoms with E-state index in [2.05, 4.69) is 0 Å². The molecule has 2 fully saturated rings. The van der Waals surface area contributed by atoms with Crippen LogP contribution in [0.15, 0.2) is 0 Å². The molecule has 0 aromatic carbocycles. The first-order valence-electron chi connectivity index (χ1n) is 3.27. The first kappa shape index (κ1) is 4.77. The lowest BCUT2D eigenvalue weighted by Crippen LogP contribution is -2.23. The van der Waals surface area contributed by atoms with Gasteiger partial charge >= 0.3 is 0 Å². The molecule has 0 amide bonds. The Bertz CT molecular complexity index is 124. The van der Waals surface area contributed by atoms with Crippen molar-refractivity contribution in [1.82, 2.24) is 0 Å². The van der Waals surface area contributed by atoms with E-state index in [9.17, 15) is 0 Å². The Balaban J connectivity index is 2.15. The largest absolute Gasteiger partial charge is 0.327 e. The van der Waals surface area contributed by atoms with Gasteiger partial charge in [-0.15, -0.1) is 0 Å². The van der Waals surface area contributed by atoms with E-state index in [0.29, 0.717) is 12.0 Å². The number of rotatable bonds is 0. The van der Waals surface area contributed by atoms with E-state index >= 15 is 0 Å². The zero-order valence-electron chi connectivity index (χ0n) is 4.93. The Morgan fingerprint density at radius 1 is 1.50 bits per heavy atom. The van der Waals surface area contributed by atoms with Gasteiger partial charge in [0.05, 0.1) is 0 Å². The van der Waals surface area contributed by atoms with E-state index in [4.69, 9.17) is 11.5 Å². The number of hydrogen-bond acceptors (Lipinski definition) is 2. The van der Waals surface area contributed by atoms with Gasteiger partial charge in [0.2, 0.25) is 0 Å². The molecule has 0 bridgehead atoms. The highest BCUT2D eigenvalue weighted by Gasteiger charge is 2.57. The lowest BCUT2D eigenvalue weighted by Gasteiger charge is -1.98. The van der Waals surface area contributed by atoms with Crippen molar-refractivity contribution in [3.8, 4) is 0 Å². The molecule has 46 valence electrons. The Morgan fingerprint density at radius 2 is 2.25 bits per heavy atom. The fraction of sp³-hybridized carbons (Fsp3) is 1.00. The van der Waals surface area contributed by atoms with Crippen LogP contribution in [0.25, 0.3) is 0 Å². The maximum Gasteiger partial charge on any atom is 0.0202 e. The van der Waals surface area contributed by atoms with E-state index in [0.717, 1.165) is 6.42 Å². The number of fused-ring (bicyclic) bond motifs is 1. The average molecular weight is 112 g/mol. The third-order valence-corrected chi connectivity index (χ3v) is 2.64. The van der Waals surface area contributed by atoms with Gasteiger partial charge in [-0.05, 0) is 25.2 Å². The van der Waals surface area contributed by atoms with Crippen molar-refractivity contribution in [2.45, 2.75) is 30.8 Å². The predicted octanol–water partition coefficient (Wildman–Crippen LogP) is -0.175. The summed E-state index contributed by atoms with van der Waals surface area (Å²) in [6.45, 7) is 0. The normalized spacial score (nSPS) is 60.8. The van der Waals surface area contributed by atoms with Gasteiger partial charge in [0.15, 0.2) is 0 Å². The van der Waals surface area contributed by atoms with Crippen LogP contribution < -0.4 is 11.5 Å². The molecule has 0 aromatic rings. The van der Waals surface area contributed by atoms with Crippen LogP contribution in [0.2, 0.25) is 0 Å². The standard InChI is InChI=1S/C6H12N2/c7-5-1-2-6(8)3-4(5)6/h4-5H,1-3,7-8H2. The fourth-order valence-corrected chi connectivity index (χ4v) is 1.85. The first-order valence-corrected chi connectivity index (χ1v) is 3.27. The summed E-state index contributed by atoms with van der Waals surface area (Å²) in [7, 11) is 0. The van der Waals surface area contributed by atoms with Gasteiger partial charge < -0.3 is 11.5 Å². The van der Waals surface area contributed by atoms with Crippen molar-refractivity contribution in [3.05, 3.63) is 0 Å². The minimum Gasteiger partial charge on any atom is -0.327 e. The highest BCUT2D eigenvalue weighted by molar-refractivity contribution is 5.16. The van der Waals surface area contributed by atoms with Gasteiger partial charge in [-0.1, -0.05) is 0 Å². The van der Waals surface area contributed by atoms with Crippen LogP contribution in [0.1, 0.15) is 19.3 Å². The third-order valence-electron chi connectivity index (χ3n) is 2.64. The summed E-state index contributed by atoms with van der Waals surface area (Å²) < 4.78 is 0. The molecule has 0 aromatic heterocycles. The third kappa shape index (κ3) is 0.400. The molecule has 0 radical (unpaired) electrons. The quantitative estimate of drug-likeness (QED) is 0.457. The number of nitrogens with two attached hydrogens (primary N) is 2. The van der Waals surface area contributed by atoms with E-state index < -0.39 is 0 Å². The van der Waals surface area contributed by atoms with Gasteiger partial charge in [0, 0.05) is 11.6 Å². The van der Waals surface area contributed by atoms with E-state index in [1.165, 1.54) is 12.8 Å². The molecule has 4 N–H and O–H groups in total. The fourth-order valence-electron chi connectivity index (χ4n) is 1.85. The summed E-state index contributed by atoms with van der Waals surface area (Å²) in [6.07, 6.45) is 3.51. The minimum atomic E-state index is 0.208. The zero-order valence-corrected chi connectivity index (χ0v) is 4.93. The molecule has 2 rings (SSSR count). The molecule has 0 heterocycles. The van der Waals surface area contributed by atoms with Crippen LogP contribution in [0.5, 0.6) is 0 Å². The second-order valence-corrected chi connectivity index (χ2v) is 3.25. The van der Waals surface area contributed by atoms with Crippen molar-refractivity contribution in [2.24, 2.45) is 17.4 Å². The Kier molecular flexibility index (Phi) is 0.649. The Labute approximate surface area is 49.2 Å². The highest BCUT2D eigenvalue weighted by Crippen LogP contribution is 2.52. The predicted molar refractivity (Wildman–Crippen MR) is 32.2 cm³/mol. The molecular formula is C6H12N2. The molecular weight excluding hydrogens is 100 g/mol. The minimum absolute atomic E-state index is 0.208. The lowest BCUT2D eigenvalue weighted by atomic mass is 10.2. The van der Waals surface area contributed by atoms with Crippen molar-refractivity contribution in [2.75, 3.05) is 0 Å². The Morgan fingerprint density at radius 3 is 2.38 bits per heavy atom. The van der Waals surface area contributed by atoms with Crippen molar-refractivity contribution < 1.29 is 0 Å². The summed E-state index contributed by atoms with van der Waals surface area (Å²) in [6, 6.07) is 0.431. The molecule has 8 heavy (non-hydrogen) atoms. The summed E-state index contributed by atoms with van der Waals surface area (Å²) >= 11 is 0. The molecule has 0 spiro atoms. The van der Waals surface area contributed by atoms with E-state index in [-0.39, 0.29) is 5.54 Å². The van der Waals surface area contributed by atoms with Gasteiger partial charge in [0.25, 0.3) is 0 Å². The van der Waals surface area contributed by atoms with Crippen LogP contribution in [-0.4, -0.2) is 11.6 Å². The summed E-state index contributed by atoms with van der Waals surface area (Å²) in [5.41, 5.74) is 11.8. The first-order chi connectivity index (χ1) is 3.72. The van der Waals surface area contributed by atoms with Gasteiger partial charge in [-0.2, -0.15) is 0 Å². The van der Waals surface area contributed by atoms with Crippen molar-refractivity contribution >= 4 is 0 Å². The molecule has 0 saturated heterocycles. The van der Waals surface area contributed by atoms with Gasteiger partial charge in [-0.25, -0.2) is 0 Å². The zero-order chi connectivity index (χ0) is 5.78. The Hall–Kier alpha value is -0.0800. The second-order valence-electron chi connectivity index (χ2n) is 3.25. The van der Waals surface area contributed by atoms with Gasteiger partial charge in [-0.3, -0.25) is 0 Å². The van der Waals surface area contributed by atoms with Crippen LogP contribution in [0.4, 0.5) is 0 Å². The highest BCUT2D eigenvalue weighted by atomic mass is 14.9. The van der Waals surface area contributed by atoms with Crippen molar-refractivity contribution in [1.29, 1.82) is 0 Å². The molecule has 2 heteroatoms. The van der Waals surface area contributed by atoms with E-state index in [1.807, 2.05) is 0 Å². The molecule has 0 aliphatic heterocycles. The smallest absolute Gasteiger partial charge is 0.0202 e. The summed E-state index contributed by atoms with van der Waals surface area (Å²) in [5.74, 6) is 0.683. The maximum absolute atomic E-state index is 5.86. The molecule has 2 aliphatic rings. The van der Waals surface area contributed by atoms with Crippen LogP contribution in [0.3, 0.4) is 0 Å². The monoisotopic (exact) mass is 112 g/mol. The SMILES string of the molecule is NC1CCC2(N)CC12. The average Bonchev–Trinajstić information content (AvgIpc) is 2.32. The van der Waals surface area contributed by atoms with Gasteiger partial charge in [0.1, 0.15) is 0 Å². The maximum atomic E-state index is 5.86. The van der Waals surface area contributed by atoms with Crippen LogP contribution >= 0.6 is 0 Å². The summed E-state index contributed by atoms with van der Waals surface area (Å²) in [5, 5.41) is 0. The molecule has 3 unspecified atom stereocenters. The second kappa shape index (κ2) is 1.09. The molecule has 2 nitrogen and oxygen atoms in total. The molecule has 3 atom stereocenters. The lowest BCUT2D eigenvalue weighted by molar-refractivity contribution is 0.612. The molecule has 2 aliphatic carbocycles. The topological polar surface area (TPSA) is 52.0 Å². The summed E-state index contributed by atoms with van der Waals surface area (Å²) in [4.78, 5) is 0. The van der Waals surface area contributed by atoms with E-state index in [1.54, 1.807) is 0 Å². The number of hydrogen-bond donors (Lipinski definition) is 2. The molecule has 2 saturated carbocycles. The van der Waals surface area contributed by atoms with Crippen LogP contribution in [0, 0.1) is 5.92 Å².